The number of pyridine rings is 1. The zero-order chi connectivity index (χ0) is 11.5. The molecule has 1 aromatic heterocycles. The molecule has 0 fully saturated rings. The molecule has 3 nitrogen and oxygen atoms in total. The first-order chi connectivity index (χ1) is 7.65. The second-order valence-electron chi connectivity index (χ2n) is 3.46. The number of anilines is 1. The lowest BCUT2D eigenvalue weighted by Crippen LogP contribution is -1.91. The molecule has 82 valence electrons. The molecule has 1 heterocycles. The molecule has 0 bridgehead atoms. The van der Waals surface area contributed by atoms with Crippen LogP contribution < -0.4 is 10.5 Å². The number of aryl methyl sites for hydroxylation is 1. The summed E-state index contributed by atoms with van der Waals surface area (Å²) in [5, 5.41) is 0.559. The molecular formula is C12H11ClN2O. The van der Waals surface area contributed by atoms with Gasteiger partial charge in [-0.15, -0.1) is 0 Å². The number of nitrogens with two attached hydrogens (primary N) is 1. The molecule has 4 heteroatoms. The average Bonchev–Trinajstić information content (AvgIpc) is 2.22. The van der Waals surface area contributed by atoms with Gasteiger partial charge in [-0.2, -0.15) is 0 Å². The molecule has 2 N–H and O–H groups in total. The molecular weight excluding hydrogens is 224 g/mol. The summed E-state index contributed by atoms with van der Waals surface area (Å²) in [6, 6.07) is 8.92. The number of benzene rings is 1. The lowest BCUT2D eigenvalue weighted by Gasteiger charge is -2.07. The molecule has 0 unspecified atom stereocenters. The average molecular weight is 235 g/mol. The van der Waals surface area contributed by atoms with Crippen LogP contribution in [0.1, 0.15) is 5.56 Å². The van der Waals surface area contributed by atoms with Crippen LogP contribution in [0.25, 0.3) is 0 Å². The fourth-order valence-corrected chi connectivity index (χ4v) is 1.56. The number of ether oxygens (including phenoxy) is 1. The molecule has 2 rings (SSSR count). The maximum atomic E-state index is 6.04. The standard InChI is InChI=1S/C12H11ClN2O/c1-8-2-3-11(10(13)6-8)16-12-7-9(14)4-5-15-12/h2-7H,1H3,(H2,14,15). The van der Waals surface area contributed by atoms with E-state index in [0.29, 0.717) is 22.3 Å². The highest BCUT2D eigenvalue weighted by molar-refractivity contribution is 6.32. The van der Waals surface area contributed by atoms with Gasteiger partial charge in [-0.05, 0) is 30.7 Å². The monoisotopic (exact) mass is 234 g/mol. The first-order valence-electron chi connectivity index (χ1n) is 4.81. The van der Waals surface area contributed by atoms with Gasteiger partial charge in [-0.1, -0.05) is 17.7 Å². The van der Waals surface area contributed by atoms with Gasteiger partial charge in [0.15, 0.2) is 0 Å². The van der Waals surface area contributed by atoms with Gasteiger partial charge in [-0.25, -0.2) is 4.98 Å². The SMILES string of the molecule is Cc1ccc(Oc2cc(N)ccn2)c(Cl)c1. The summed E-state index contributed by atoms with van der Waals surface area (Å²) in [4.78, 5) is 4.04. The van der Waals surface area contributed by atoms with Crippen molar-refractivity contribution < 1.29 is 4.74 Å². The molecule has 0 aliphatic heterocycles. The third-order valence-corrected chi connectivity index (χ3v) is 2.36. The lowest BCUT2D eigenvalue weighted by molar-refractivity contribution is 0.463. The molecule has 0 saturated heterocycles. The Labute approximate surface area is 98.8 Å². The van der Waals surface area contributed by atoms with Gasteiger partial charge in [0.25, 0.3) is 0 Å². The fraction of sp³-hybridized carbons (Fsp3) is 0.0833. The van der Waals surface area contributed by atoms with Crippen molar-refractivity contribution in [2.45, 2.75) is 6.92 Å². The molecule has 1 aromatic carbocycles. The summed E-state index contributed by atoms with van der Waals surface area (Å²) in [5.41, 5.74) is 7.31. The first-order valence-corrected chi connectivity index (χ1v) is 5.18. The van der Waals surface area contributed by atoms with Crippen molar-refractivity contribution in [3.8, 4) is 11.6 Å². The predicted octanol–water partition coefficient (Wildman–Crippen LogP) is 3.42. The van der Waals surface area contributed by atoms with Gasteiger partial charge in [0.2, 0.25) is 5.88 Å². The Balaban J connectivity index is 2.27. The van der Waals surface area contributed by atoms with E-state index in [9.17, 15) is 0 Å². The minimum absolute atomic E-state index is 0.436. The molecule has 16 heavy (non-hydrogen) atoms. The predicted molar refractivity (Wildman–Crippen MR) is 64.9 cm³/mol. The van der Waals surface area contributed by atoms with Crippen LogP contribution in [0.4, 0.5) is 5.69 Å². The topological polar surface area (TPSA) is 48.1 Å². The van der Waals surface area contributed by atoms with Gasteiger partial charge in [0.1, 0.15) is 5.75 Å². The van der Waals surface area contributed by atoms with Gasteiger partial charge in [0.05, 0.1) is 5.02 Å². The number of aromatic nitrogens is 1. The van der Waals surface area contributed by atoms with Crippen LogP contribution in [-0.2, 0) is 0 Å². The number of rotatable bonds is 2. The van der Waals surface area contributed by atoms with E-state index < -0.39 is 0 Å². The van der Waals surface area contributed by atoms with Crippen LogP contribution in [0.2, 0.25) is 5.02 Å². The van der Waals surface area contributed by atoms with Gasteiger partial charge >= 0.3 is 0 Å². The lowest BCUT2D eigenvalue weighted by atomic mass is 10.2. The maximum Gasteiger partial charge on any atom is 0.221 e. The fourth-order valence-electron chi connectivity index (χ4n) is 1.28. The quantitative estimate of drug-likeness (QED) is 0.866. The number of halogens is 1. The zero-order valence-electron chi connectivity index (χ0n) is 8.77. The van der Waals surface area contributed by atoms with Crippen molar-refractivity contribution in [2.24, 2.45) is 0 Å². The number of nitrogens with zero attached hydrogens (tertiary/aromatic N) is 1. The third kappa shape index (κ3) is 2.44. The van der Waals surface area contributed by atoms with Gasteiger partial charge in [-0.3, -0.25) is 0 Å². The number of hydrogen-bond acceptors (Lipinski definition) is 3. The van der Waals surface area contributed by atoms with Crippen molar-refractivity contribution in [2.75, 3.05) is 5.73 Å². The summed E-state index contributed by atoms with van der Waals surface area (Å²) in [7, 11) is 0. The number of hydrogen-bond donors (Lipinski definition) is 1. The molecule has 0 aliphatic carbocycles. The minimum Gasteiger partial charge on any atom is -0.437 e. The van der Waals surface area contributed by atoms with Crippen LogP contribution in [0, 0.1) is 6.92 Å². The summed E-state index contributed by atoms with van der Waals surface area (Å²) >= 11 is 6.04. The van der Waals surface area contributed by atoms with Crippen LogP contribution >= 0.6 is 11.6 Å². The van der Waals surface area contributed by atoms with E-state index in [1.54, 1.807) is 18.3 Å². The summed E-state index contributed by atoms with van der Waals surface area (Å²) in [5.74, 6) is 1.01. The molecule has 0 radical (unpaired) electrons. The zero-order valence-corrected chi connectivity index (χ0v) is 9.53. The second-order valence-corrected chi connectivity index (χ2v) is 3.87. The second kappa shape index (κ2) is 4.41. The largest absolute Gasteiger partial charge is 0.437 e. The Morgan fingerprint density at radius 1 is 1.25 bits per heavy atom. The smallest absolute Gasteiger partial charge is 0.221 e. The normalized spacial score (nSPS) is 10.1. The van der Waals surface area contributed by atoms with Crippen molar-refractivity contribution >= 4 is 17.3 Å². The highest BCUT2D eigenvalue weighted by atomic mass is 35.5. The van der Waals surface area contributed by atoms with E-state index in [-0.39, 0.29) is 0 Å². The van der Waals surface area contributed by atoms with Gasteiger partial charge < -0.3 is 10.5 Å². The molecule has 0 amide bonds. The van der Waals surface area contributed by atoms with Crippen LogP contribution in [0.3, 0.4) is 0 Å². The Morgan fingerprint density at radius 2 is 2.06 bits per heavy atom. The van der Waals surface area contributed by atoms with Crippen molar-refractivity contribution in [1.82, 2.24) is 4.98 Å². The Morgan fingerprint density at radius 3 is 2.75 bits per heavy atom. The van der Waals surface area contributed by atoms with E-state index in [4.69, 9.17) is 22.1 Å². The van der Waals surface area contributed by atoms with Crippen LogP contribution in [0.5, 0.6) is 11.6 Å². The molecule has 2 aromatic rings. The van der Waals surface area contributed by atoms with Crippen LogP contribution in [0.15, 0.2) is 36.5 Å². The molecule has 0 atom stereocenters. The van der Waals surface area contributed by atoms with E-state index in [0.717, 1.165) is 5.56 Å². The van der Waals surface area contributed by atoms with Crippen LogP contribution in [-0.4, -0.2) is 4.98 Å². The van der Waals surface area contributed by atoms with Crippen molar-refractivity contribution in [3.63, 3.8) is 0 Å². The van der Waals surface area contributed by atoms with Crippen molar-refractivity contribution in [3.05, 3.63) is 47.1 Å². The van der Waals surface area contributed by atoms with E-state index in [2.05, 4.69) is 4.98 Å². The van der Waals surface area contributed by atoms with E-state index in [1.165, 1.54) is 0 Å². The minimum atomic E-state index is 0.436. The molecule has 0 spiro atoms. The third-order valence-electron chi connectivity index (χ3n) is 2.06. The number of nitrogen functional groups attached to an aromatic ring is 1. The summed E-state index contributed by atoms with van der Waals surface area (Å²) in [6.07, 6.45) is 1.59. The Kier molecular flexibility index (Phi) is 2.97. The Bertz CT molecular complexity index is 514. The first kappa shape index (κ1) is 10.8. The summed E-state index contributed by atoms with van der Waals surface area (Å²) < 4.78 is 5.52. The highest BCUT2D eigenvalue weighted by Crippen LogP contribution is 2.29. The maximum absolute atomic E-state index is 6.04. The van der Waals surface area contributed by atoms with E-state index >= 15 is 0 Å². The summed E-state index contributed by atoms with van der Waals surface area (Å²) in [6.45, 7) is 1.97. The molecule has 0 saturated carbocycles. The van der Waals surface area contributed by atoms with Gasteiger partial charge in [0, 0.05) is 18.0 Å². The van der Waals surface area contributed by atoms with E-state index in [1.807, 2.05) is 25.1 Å². The molecule has 0 aliphatic rings. The van der Waals surface area contributed by atoms with Crippen molar-refractivity contribution in [1.29, 1.82) is 0 Å². The highest BCUT2D eigenvalue weighted by Gasteiger charge is 2.04. The Hall–Kier alpha value is -1.74.